The van der Waals surface area contributed by atoms with Crippen LogP contribution < -0.4 is 14.4 Å². The van der Waals surface area contributed by atoms with Crippen LogP contribution in [0.1, 0.15) is 37.5 Å². The second-order valence-corrected chi connectivity index (χ2v) is 11.5. The van der Waals surface area contributed by atoms with Gasteiger partial charge in [-0.05, 0) is 34.2 Å². The Morgan fingerprint density at radius 1 is 1.15 bits per heavy atom. The molecular formula is C25H30N4O4S. The van der Waals surface area contributed by atoms with E-state index in [4.69, 9.17) is 4.74 Å². The number of nitrogens with zero attached hydrogens (tertiary/aromatic N) is 3. The molecule has 1 aliphatic rings. The van der Waals surface area contributed by atoms with Gasteiger partial charge in [0.25, 0.3) is 5.91 Å². The monoisotopic (exact) mass is 482 g/mol. The molecule has 0 fully saturated rings. The number of imidazole rings is 1. The van der Waals surface area contributed by atoms with E-state index in [-0.39, 0.29) is 17.9 Å². The summed E-state index contributed by atoms with van der Waals surface area (Å²) in [5, 5.41) is 2.87. The molecule has 4 rings (SSSR count). The lowest BCUT2D eigenvalue weighted by atomic mass is 9.86. The first-order valence-corrected chi connectivity index (χ1v) is 13.0. The first-order valence-electron chi connectivity index (χ1n) is 11.1. The van der Waals surface area contributed by atoms with Crippen molar-refractivity contribution in [1.29, 1.82) is 0 Å². The van der Waals surface area contributed by atoms with Crippen molar-refractivity contribution in [1.82, 2.24) is 14.9 Å². The molecular weight excluding hydrogens is 452 g/mol. The summed E-state index contributed by atoms with van der Waals surface area (Å²) < 4.78 is 34.2. The van der Waals surface area contributed by atoms with E-state index in [1.54, 1.807) is 18.6 Å². The minimum atomic E-state index is -3.59. The van der Waals surface area contributed by atoms with Gasteiger partial charge in [-0.2, -0.15) is 0 Å². The van der Waals surface area contributed by atoms with Crippen LogP contribution in [0, 0.1) is 0 Å². The maximum absolute atomic E-state index is 12.9. The minimum absolute atomic E-state index is 0.0743. The number of nitrogens with one attached hydrogen (secondary N) is 1. The maximum atomic E-state index is 12.9. The topological polar surface area (TPSA) is 93.5 Å². The Bertz CT molecular complexity index is 1260. The Labute approximate surface area is 200 Å². The molecule has 0 saturated carbocycles. The number of carbonyl (C=O) groups excluding carboxylic acids is 1. The maximum Gasteiger partial charge on any atom is 0.263 e. The number of carbonyl (C=O) groups is 1. The summed E-state index contributed by atoms with van der Waals surface area (Å²) in [5.41, 5.74) is 3.36. The first kappa shape index (κ1) is 23.8. The van der Waals surface area contributed by atoms with Crippen LogP contribution in [-0.2, 0) is 33.3 Å². The van der Waals surface area contributed by atoms with Gasteiger partial charge in [0.15, 0.2) is 6.10 Å². The zero-order valence-electron chi connectivity index (χ0n) is 19.9. The van der Waals surface area contributed by atoms with Crippen LogP contribution in [0.15, 0.2) is 61.2 Å². The molecule has 0 radical (unpaired) electrons. The van der Waals surface area contributed by atoms with Gasteiger partial charge in [0.05, 0.1) is 24.8 Å². The highest BCUT2D eigenvalue weighted by Crippen LogP contribution is 2.38. The zero-order chi connectivity index (χ0) is 24.5. The molecule has 0 spiro atoms. The smallest absolute Gasteiger partial charge is 0.263 e. The largest absolute Gasteiger partial charge is 0.476 e. The number of hydrogen-bond acceptors (Lipinski definition) is 5. The average molecular weight is 483 g/mol. The summed E-state index contributed by atoms with van der Waals surface area (Å²) in [6.07, 6.45) is 5.61. The second-order valence-electron chi connectivity index (χ2n) is 9.60. The number of anilines is 1. The third kappa shape index (κ3) is 5.41. The number of aromatic nitrogens is 2. The third-order valence-corrected chi connectivity index (χ3v) is 6.95. The first-order chi connectivity index (χ1) is 16.0. The Hall–Kier alpha value is -3.33. The Balaban J connectivity index is 1.44. The second kappa shape index (κ2) is 9.13. The molecule has 1 N–H and O–H groups in total. The van der Waals surface area contributed by atoms with Crippen LogP contribution in [0.5, 0.6) is 5.75 Å². The summed E-state index contributed by atoms with van der Waals surface area (Å²) in [5.74, 6) is 0.0235. The van der Waals surface area contributed by atoms with Crippen molar-refractivity contribution < 1.29 is 17.9 Å². The number of fused-ring (bicyclic) bond motifs is 1. The number of sulfonamides is 1. The van der Waals surface area contributed by atoms with Crippen molar-refractivity contribution in [3.05, 3.63) is 77.9 Å². The van der Waals surface area contributed by atoms with E-state index < -0.39 is 16.1 Å². The van der Waals surface area contributed by atoms with E-state index in [1.807, 2.05) is 47.2 Å². The molecule has 180 valence electrons. The fourth-order valence-electron chi connectivity index (χ4n) is 3.83. The Kier molecular flexibility index (Phi) is 6.40. The molecule has 9 heteroatoms. The number of rotatable bonds is 6. The van der Waals surface area contributed by atoms with E-state index >= 15 is 0 Å². The molecule has 0 saturated heterocycles. The van der Waals surface area contributed by atoms with Gasteiger partial charge < -0.3 is 14.6 Å². The van der Waals surface area contributed by atoms with E-state index in [1.165, 1.54) is 4.31 Å². The van der Waals surface area contributed by atoms with Crippen LogP contribution in [0.25, 0.3) is 0 Å². The predicted molar refractivity (Wildman–Crippen MR) is 131 cm³/mol. The standard InChI is InChI=1S/C25H30N4O4S/c1-25(2,3)20-9-10-22-21(13-20)29(34(4,31)32)16-23(33-22)24(30)27-14-18-5-7-19(8-6-18)15-28-12-11-26-17-28/h5-13,17,23H,14-16H2,1-4H3,(H,27,30). The van der Waals surface area contributed by atoms with Crippen molar-refractivity contribution in [2.24, 2.45) is 0 Å². The van der Waals surface area contributed by atoms with Crippen molar-refractivity contribution in [3.8, 4) is 5.75 Å². The van der Waals surface area contributed by atoms with Crippen molar-refractivity contribution >= 4 is 21.6 Å². The molecule has 34 heavy (non-hydrogen) atoms. The van der Waals surface area contributed by atoms with Gasteiger partial charge in [-0.3, -0.25) is 9.10 Å². The van der Waals surface area contributed by atoms with E-state index in [9.17, 15) is 13.2 Å². The molecule has 1 aliphatic heterocycles. The predicted octanol–water partition coefficient (Wildman–Crippen LogP) is 3.07. The molecule has 1 unspecified atom stereocenters. The van der Waals surface area contributed by atoms with Crippen LogP contribution in [-0.4, -0.2) is 42.8 Å². The summed E-state index contributed by atoms with van der Waals surface area (Å²) in [6.45, 7) is 7.14. The lowest BCUT2D eigenvalue weighted by Crippen LogP contribution is -2.50. The van der Waals surface area contributed by atoms with Gasteiger partial charge in [0.1, 0.15) is 5.75 Å². The van der Waals surface area contributed by atoms with Crippen molar-refractivity contribution in [2.75, 3.05) is 17.1 Å². The van der Waals surface area contributed by atoms with Gasteiger partial charge >= 0.3 is 0 Å². The fraction of sp³-hybridized carbons (Fsp3) is 0.360. The van der Waals surface area contributed by atoms with Gasteiger partial charge in [0, 0.05) is 25.5 Å². The quantitative estimate of drug-likeness (QED) is 0.583. The highest BCUT2D eigenvalue weighted by Gasteiger charge is 2.35. The highest BCUT2D eigenvalue weighted by atomic mass is 32.2. The molecule has 2 aromatic carbocycles. The van der Waals surface area contributed by atoms with Crippen molar-refractivity contribution in [2.45, 2.75) is 45.4 Å². The minimum Gasteiger partial charge on any atom is -0.476 e. The van der Waals surface area contributed by atoms with E-state index in [0.29, 0.717) is 18.0 Å². The van der Waals surface area contributed by atoms with Gasteiger partial charge in [0.2, 0.25) is 10.0 Å². The summed E-state index contributed by atoms with van der Waals surface area (Å²) in [6, 6.07) is 13.4. The summed E-state index contributed by atoms with van der Waals surface area (Å²) in [4.78, 5) is 16.9. The third-order valence-electron chi connectivity index (χ3n) is 5.80. The van der Waals surface area contributed by atoms with Gasteiger partial charge in [-0.15, -0.1) is 0 Å². The number of benzene rings is 2. The SMILES string of the molecule is CC(C)(C)c1ccc2c(c1)N(S(C)(=O)=O)CC(C(=O)NCc1ccc(Cn3ccnc3)cc1)O2. The summed E-state index contributed by atoms with van der Waals surface area (Å²) in [7, 11) is -3.59. The number of amides is 1. The molecule has 1 aromatic heterocycles. The molecule has 0 bridgehead atoms. The summed E-state index contributed by atoms with van der Waals surface area (Å²) >= 11 is 0. The zero-order valence-corrected chi connectivity index (χ0v) is 20.7. The van der Waals surface area contributed by atoms with Crippen molar-refractivity contribution in [3.63, 3.8) is 0 Å². The normalized spacial score (nSPS) is 16.0. The Morgan fingerprint density at radius 3 is 2.47 bits per heavy atom. The van der Waals surface area contributed by atoms with Gasteiger partial charge in [-0.1, -0.05) is 51.1 Å². The van der Waals surface area contributed by atoms with Crippen LogP contribution >= 0.6 is 0 Å². The average Bonchev–Trinajstić information content (AvgIpc) is 3.29. The van der Waals surface area contributed by atoms with Gasteiger partial charge in [-0.25, -0.2) is 13.4 Å². The Morgan fingerprint density at radius 2 is 1.85 bits per heavy atom. The molecule has 1 amide bonds. The van der Waals surface area contributed by atoms with Crippen LogP contribution in [0.2, 0.25) is 0 Å². The molecule has 0 aliphatic carbocycles. The van der Waals surface area contributed by atoms with Crippen LogP contribution in [0.4, 0.5) is 5.69 Å². The molecule has 1 atom stereocenters. The van der Waals surface area contributed by atoms with Crippen LogP contribution in [0.3, 0.4) is 0 Å². The number of hydrogen-bond donors (Lipinski definition) is 1. The highest BCUT2D eigenvalue weighted by molar-refractivity contribution is 7.92. The molecule has 2 heterocycles. The fourth-order valence-corrected chi connectivity index (χ4v) is 4.73. The lowest BCUT2D eigenvalue weighted by molar-refractivity contribution is -0.127. The molecule has 3 aromatic rings. The lowest BCUT2D eigenvalue weighted by Gasteiger charge is -2.35. The van der Waals surface area contributed by atoms with E-state index in [0.717, 1.165) is 29.5 Å². The number of ether oxygens (including phenoxy) is 1. The van der Waals surface area contributed by atoms with E-state index in [2.05, 4.69) is 31.1 Å². The molecule has 8 nitrogen and oxygen atoms in total.